The number of esters is 1. The Balaban J connectivity index is 1.48. The van der Waals surface area contributed by atoms with Crippen LogP contribution in [0.2, 0.25) is 0 Å². The van der Waals surface area contributed by atoms with Crippen LogP contribution in [0.15, 0.2) is 42.5 Å². The number of fused-ring (bicyclic) bond motifs is 2. The van der Waals surface area contributed by atoms with E-state index in [2.05, 4.69) is 10.6 Å². The fourth-order valence-electron chi connectivity index (χ4n) is 4.00. The highest BCUT2D eigenvalue weighted by Crippen LogP contribution is 2.38. The first-order chi connectivity index (χ1) is 15.1. The number of benzene rings is 2. The normalized spacial score (nSPS) is 12.8. The summed E-state index contributed by atoms with van der Waals surface area (Å²) < 4.78 is 5.27. The van der Waals surface area contributed by atoms with Crippen LogP contribution in [0.5, 0.6) is 0 Å². The van der Waals surface area contributed by atoms with Gasteiger partial charge < -0.3 is 15.4 Å². The van der Waals surface area contributed by atoms with Gasteiger partial charge >= 0.3 is 5.97 Å². The smallest absolute Gasteiger partial charge is 0.341 e. The number of carbonyl (C=O) groups excluding carboxylic acids is 2. The van der Waals surface area contributed by atoms with Crippen molar-refractivity contribution in [3.05, 3.63) is 64.0 Å². The summed E-state index contributed by atoms with van der Waals surface area (Å²) in [4.78, 5) is 26.4. The maximum absolute atomic E-state index is 12.6. The van der Waals surface area contributed by atoms with Gasteiger partial charge in [0.05, 0.1) is 18.6 Å². The van der Waals surface area contributed by atoms with Crippen molar-refractivity contribution in [3.63, 3.8) is 0 Å². The largest absolute Gasteiger partial charge is 0.462 e. The molecule has 7 heteroatoms. The Morgan fingerprint density at radius 3 is 2.71 bits per heavy atom. The van der Waals surface area contributed by atoms with Crippen LogP contribution in [0.3, 0.4) is 0 Å². The topological polar surface area (TPSA) is 67.4 Å². The number of thiophene rings is 1. The van der Waals surface area contributed by atoms with Crippen LogP contribution in [0.4, 0.5) is 5.00 Å². The summed E-state index contributed by atoms with van der Waals surface area (Å²) in [5.41, 5.74) is 2.56. The number of hydrogen-bond donors (Lipinski definition) is 2. The number of hydrogen-bond acceptors (Lipinski definition) is 5. The first kappa shape index (κ1) is 21.5. The Morgan fingerprint density at radius 1 is 1.10 bits per heavy atom. The molecule has 5 nitrogen and oxygen atoms in total. The number of nitrogens with one attached hydrogen (secondary N) is 2. The molecule has 0 saturated carbocycles. The Kier molecular flexibility index (Phi) is 6.63. The molecule has 1 heterocycles. The van der Waals surface area contributed by atoms with Gasteiger partial charge in [0.15, 0.2) is 5.11 Å². The predicted molar refractivity (Wildman–Crippen MR) is 129 cm³/mol. The number of rotatable bonds is 5. The van der Waals surface area contributed by atoms with Gasteiger partial charge in [0.25, 0.3) is 0 Å². The van der Waals surface area contributed by atoms with Gasteiger partial charge in [-0.1, -0.05) is 42.5 Å². The van der Waals surface area contributed by atoms with Gasteiger partial charge in [-0.2, -0.15) is 0 Å². The Morgan fingerprint density at radius 2 is 1.87 bits per heavy atom. The van der Waals surface area contributed by atoms with Crippen molar-refractivity contribution in [2.45, 2.75) is 39.0 Å². The molecule has 1 aliphatic carbocycles. The van der Waals surface area contributed by atoms with E-state index in [1.807, 2.05) is 42.5 Å². The molecular weight excluding hydrogens is 428 g/mol. The van der Waals surface area contributed by atoms with Crippen molar-refractivity contribution in [1.82, 2.24) is 5.32 Å². The quantitative estimate of drug-likeness (QED) is 0.421. The Labute approximate surface area is 190 Å². The number of aryl methyl sites for hydroxylation is 1. The minimum atomic E-state index is -0.339. The molecule has 31 heavy (non-hydrogen) atoms. The lowest BCUT2D eigenvalue weighted by Crippen LogP contribution is -2.35. The first-order valence-corrected chi connectivity index (χ1v) is 11.7. The molecule has 4 rings (SSSR count). The van der Waals surface area contributed by atoms with Gasteiger partial charge in [0.2, 0.25) is 5.91 Å². The van der Waals surface area contributed by atoms with E-state index in [0.717, 1.165) is 47.6 Å². The van der Waals surface area contributed by atoms with Crippen LogP contribution in [0.25, 0.3) is 10.8 Å². The second-order valence-corrected chi connectivity index (χ2v) is 8.97. The van der Waals surface area contributed by atoms with E-state index in [0.29, 0.717) is 17.2 Å². The summed E-state index contributed by atoms with van der Waals surface area (Å²) in [7, 11) is 0. The van der Waals surface area contributed by atoms with Crippen LogP contribution < -0.4 is 10.6 Å². The third-order valence-electron chi connectivity index (χ3n) is 5.36. The molecule has 0 atom stereocenters. The molecule has 160 valence electrons. The zero-order valence-corrected chi connectivity index (χ0v) is 19.0. The number of ether oxygens (including phenoxy) is 1. The summed E-state index contributed by atoms with van der Waals surface area (Å²) in [6.07, 6.45) is 4.20. The molecule has 2 aromatic carbocycles. The van der Waals surface area contributed by atoms with Crippen LogP contribution in [0, 0.1) is 0 Å². The number of thiocarbonyl (C=S) groups is 1. The van der Waals surface area contributed by atoms with Crippen molar-refractivity contribution in [2.75, 3.05) is 11.9 Å². The average molecular weight is 453 g/mol. The van der Waals surface area contributed by atoms with E-state index in [1.54, 1.807) is 6.92 Å². The molecule has 0 bridgehead atoms. The van der Waals surface area contributed by atoms with Crippen LogP contribution >= 0.6 is 23.6 Å². The zero-order chi connectivity index (χ0) is 21.8. The lowest BCUT2D eigenvalue weighted by atomic mass is 9.95. The number of carbonyl (C=O) groups is 2. The molecule has 2 N–H and O–H groups in total. The Hall–Kier alpha value is -2.77. The molecule has 1 aliphatic rings. The van der Waals surface area contributed by atoms with Gasteiger partial charge in [-0.3, -0.25) is 4.79 Å². The third-order valence-corrected chi connectivity index (χ3v) is 6.77. The third kappa shape index (κ3) is 4.78. The summed E-state index contributed by atoms with van der Waals surface area (Å²) >= 11 is 6.91. The van der Waals surface area contributed by atoms with Crippen molar-refractivity contribution < 1.29 is 14.3 Å². The molecule has 0 unspecified atom stereocenters. The van der Waals surface area contributed by atoms with E-state index < -0.39 is 0 Å². The van der Waals surface area contributed by atoms with Crippen molar-refractivity contribution in [2.24, 2.45) is 0 Å². The molecule has 1 amide bonds. The van der Waals surface area contributed by atoms with Gasteiger partial charge in [-0.15, -0.1) is 11.3 Å². The first-order valence-electron chi connectivity index (χ1n) is 10.5. The number of amides is 1. The fourth-order valence-corrected chi connectivity index (χ4v) is 5.56. The molecule has 1 aromatic heterocycles. The highest BCUT2D eigenvalue weighted by Gasteiger charge is 2.27. The van der Waals surface area contributed by atoms with E-state index in [4.69, 9.17) is 17.0 Å². The molecule has 0 aliphatic heterocycles. The predicted octanol–water partition coefficient (Wildman–Crippen LogP) is 5.01. The van der Waals surface area contributed by atoms with Gasteiger partial charge in [-0.25, -0.2) is 4.79 Å². The average Bonchev–Trinajstić information content (AvgIpc) is 3.11. The highest BCUT2D eigenvalue weighted by molar-refractivity contribution is 7.80. The minimum absolute atomic E-state index is 0.189. The Bertz CT molecular complexity index is 1150. The molecule has 3 aromatic rings. The van der Waals surface area contributed by atoms with E-state index >= 15 is 0 Å². The van der Waals surface area contributed by atoms with E-state index in [-0.39, 0.29) is 23.4 Å². The van der Waals surface area contributed by atoms with Crippen molar-refractivity contribution in [3.8, 4) is 0 Å². The summed E-state index contributed by atoms with van der Waals surface area (Å²) in [6, 6.07) is 13.9. The van der Waals surface area contributed by atoms with E-state index in [1.165, 1.54) is 16.2 Å². The standard InChI is InChI=1S/C24H24N2O3S2/c1-2-29-23(28)21-18-12-5-6-13-19(18)31-22(21)26-24(30)25-20(27)14-16-10-7-9-15-8-3-4-11-17(15)16/h3-4,7-11H,2,5-6,12-14H2,1H3,(H2,25,26,27,30). The van der Waals surface area contributed by atoms with Gasteiger partial charge in [0, 0.05) is 4.88 Å². The van der Waals surface area contributed by atoms with Crippen LogP contribution in [-0.2, 0) is 28.8 Å². The minimum Gasteiger partial charge on any atom is -0.462 e. The van der Waals surface area contributed by atoms with Gasteiger partial charge in [-0.05, 0) is 66.7 Å². The summed E-state index contributed by atoms with van der Waals surface area (Å²) in [5.74, 6) is -0.540. The second-order valence-electron chi connectivity index (χ2n) is 7.45. The molecule has 0 saturated heterocycles. The maximum atomic E-state index is 12.6. The molecule has 0 spiro atoms. The molecular formula is C24H24N2O3S2. The SMILES string of the molecule is CCOC(=O)c1c(NC(=S)NC(=O)Cc2cccc3ccccc23)sc2c1CCCC2. The maximum Gasteiger partial charge on any atom is 0.341 e. The second kappa shape index (κ2) is 9.58. The molecule has 0 fully saturated rings. The summed E-state index contributed by atoms with van der Waals surface area (Å²) in [5, 5.41) is 8.82. The number of anilines is 1. The van der Waals surface area contributed by atoms with Gasteiger partial charge in [0.1, 0.15) is 5.00 Å². The monoisotopic (exact) mass is 452 g/mol. The van der Waals surface area contributed by atoms with Crippen LogP contribution in [0.1, 0.15) is 46.1 Å². The van der Waals surface area contributed by atoms with E-state index in [9.17, 15) is 9.59 Å². The van der Waals surface area contributed by atoms with Crippen LogP contribution in [-0.4, -0.2) is 23.6 Å². The van der Waals surface area contributed by atoms with Crippen molar-refractivity contribution in [1.29, 1.82) is 0 Å². The lowest BCUT2D eigenvalue weighted by molar-refractivity contribution is -0.119. The lowest BCUT2D eigenvalue weighted by Gasteiger charge is -2.13. The zero-order valence-electron chi connectivity index (χ0n) is 17.3. The molecule has 0 radical (unpaired) electrons. The summed E-state index contributed by atoms with van der Waals surface area (Å²) in [6.45, 7) is 2.11. The van der Waals surface area contributed by atoms with Crippen molar-refractivity contribution >= 4 is 56.3 Å². The highest BCUT2D eigenvalue weighted by atomic mass is 32.1. The fraction of sp³-hybridized carbons (Fsp3) is 0.292.